The van der Waals surface area contributed by atoms with Crippen molar-refractivity contribution in [1.82, 2.24) is 5.43 Å². The highest BCUT2D eigenvalue weighted by atomic mass is 16.5. The van der Waals surface area contributed by atoms with E-state index in [1.165, 1.54) is 0 Å². The van der Waals surface area contributed by atoms with Crippen molar-refractivity contribution in [3.63, 3.8) is 0 Å². The molecule has 0 saturated carbocycles. The van der Waals surface area contributed by atoms with Gasteiger partial charge in [0.2, 0.25) is 0 Å². The molecule has 2 rings (SSSR count). The molecule has 0 aliphatic rings. The number of rotatable bonds is 7. The van der Waals surface area contributed by atoms with Crippen LogP contribution in [-0.2, 0) is 4.79 Å². The first-order chi connectivity index (χ1) is 11.6. The summed E-state index contributed by atoms with van der Waals surface area (Å²) in [7, 11) is 3.20. The lowest BCUT2D eigenvalue weighted by Crippen LogP contribution is -2.34. The summed E-state index contributed by atoms with van der Waals surface area (Å²) in [5, 5.41) is 7.07. The molecule has 24 heavy (non-hydrogen) atoms. The van der Waals surface area contributed by atoms with Gasteiger partial charge in [0, 0.05) is 11.3 Å². The average Bonchev–Trinajstić information content (AvgIpc) is 2.62. The normalized spacial score (nSPS) is 11.8. The average molecular weight is 327 g/mol. The van der Waals surface area contributed by atoms with Gasteiger partial charge in [0.15, 0.2) is 0 Å². The van der Waals surface area contributed by atoms with E-state index in [2.05, 4.69) is 15.8 Å². The summed E-state index contributed by atoms with van der Waals surface area (Å²) in [6, 6.07) is 14.3. The van der Waals surface area contributed by atoms with Gasteiger partial charge in [0.25, 0.3) is 5.91 Å². The van der Waals surface area contributed by atoms with E-state index in [1.807, 2.05) is 48.5 Å². The number of nitrogens with zero attached hydrogens (tertiary/aromatic N) is 1. The van der Waals surface area contributed by atoms with Crippen LogP contribution in [0.4, 0.5) is 5.69 Å². The van der Waals surface area contributed by atoms with Gasteiger partial charge in [-0.15, -0.1) is 0 Å². The number of anilines is 1. The molecule has 1 atom stereocenters. The van der Waals surface area contributed by atoms with Gasteiger partial charge >= 0.3 is 0 Å². The molecule has 1 amide bonds. The van der Waals surface area contributed by atoms with E-state index in [4.69, 9.17) is 9.47 Å². The monoisotopic (exact) mass is 327 g/mol. The predicted molar refractivity (Wildman–Crippen MR) is 94.8 cm³/mol. The van der Waals surface area contributed by atoms with Crippen LogP contribution in [-0.4, -0.2) is 32.4 Å². The number of carbonyl (C=O) groups excluding carboxylic acids is 1. The third-order valence-corrected chi connectivity index (χ3v) is 3.38. The highest BCUT2D eigenvalue weighted by molar-refractivity contribution is 5.87. The molecular weight excluding hydrogens is 306 g/mol. The number of benzene rings is 2. The molecule has 0 aliphatic carbocycles. The molecule has 2 aromatic rings. The van der Waals surface area contributed by atoms with E-state index in [9.17, 15) is 4.79 Å². The Morgan fingerprint density at radius 1 is 1.08 bits per heavy atom. The highest BCUT2D eigenvalue weighted by Gasteiger charge is 2.11. The molecule has 0 heterocycles. The maximum Gasteiger partial charge on any atom is 0.262 e. The topological polar surface area (TPSA) is 72.0 Å². The molecule has 6 nitrogen and oxygen atoms in total. The SMILES string of the molecule is COc1ccc(N[C@@H](C)C(=O)N/N=C\c2ccccc2OC)cc1. The molecule has 0 bridgehead atoms. The van der Waals surface area contributed by atoms with Gasteiger partial charge in [-0.2, -0.15) is 5.10 Å². The first-order valence-electron chi connectivity index (χ1n) is 7.50. The van der Waals surface area contributed by atoms with Crippen LogP contribution in [0.2, 0.25) is 0 Å². The quantitative estimate of drug-likeness (QED) is 0.606. The third-order valence-electron chi connectivity index (χ3n) is 3.38. The second-order valence-electron chi connectivity index (χ2n) is 5.07. The Hall–Kier alpha value is -3.02. The van der Waals surface area contributed by atoms with E-state index in [1.54, 1.807) is 27.4 Å². The second kappa shape index (κ2) is 8.57. The number of hydrogen-bond acceptors (Lipinski definition) is 5. The van der Waals surface area contributed by atoms with Gasteiger partial charge < -0.3 is 14.8 Å². The van der Waals surface area contributed by atoms with Crippen LogP contribution in [0.5, 0.6) is 11.5 Å². The molecule has 0 aliphatic heterocycles. The summed E-state index contributed by atoms with van der Waals surface area (Å²) in [6.45, 7) is 1.76. The van der Waals surface area contributed by atoms with Crippen LogP contribution in [0.1, 0.15) is 12.5 Å². The molecule has 0 fully saturated rings. The van der Waals surface area contributed by atoms with Gasteiger partial charge in [0.05, 0.1) is 20.4 Å². The number of hydrazone groups is 1. The summed E-state index contributed by atoms with van der Waals surface area (Å²) < 4.78 is 10.3. The van der Waals surface area contributed by atoms with Gasteiger partial charge in [-0.25, -0.2) is 5.43 Å². The van der Waals surface area contributed by atoms with Crippen molar-refractivity contribution < 1.29 is 14.3 Å². The van der Waals surface area contributed by atoms with E-state index in [0.717, 1.165) is 17.0 Å². The molecule has 2 N–H and O–H groups in total. The largest absolute Gasteiger partial charge is 0.497 e. The maximum atomic E-state index is 12.1. The van der Waals surface area contributed by atoms with Crippen LogP contribution in [0, 0.1) is 0 Å². The van der Waals surface area contributed by atoms with Crippen molar-refractivity contribution in [3.05, 3.63) is 54.1 Å². The minimum Gasteiger partial charge on any atom is -0.497 e. The Morgan fingerprint density at radius 2 is 1.79 bits per heavy atom. The van der Waals surface area contributed by atoms with Crippen molar-refractivity contribution >= 4 is 17.8 Å². The van der Waals surface area contributed by atoms with E-state index in [-0.39, 0.29) is 5.91 Å². The lowest BCUT2D eigenvalue weighted by molar-refractivity contribution is -0.121. The zero-order valence-corrected chi connectivity index (χ0v) is 13.9. The minimum absolute atomic E-state index is 0.239. The number of hydrogen-bond donors (Lipinski definition) is 2. The lowest BCUT2D eigenvalue weighted by atomic mass is 10.2. The number of carbonyl (C=O) groups is 1. The molecule has 0 unspecified atom stereocenters. The Balaban J connectivity index is 1.90. The van der Waals surface area contributed by atoms with Crippen molar-refractivity contribution in [3.8, 4) is 11.5 Å². The van der Waals surface area contributed by atoms with Gasteiger partial charge in [-0.3, -0.25) is 4.79 Å². The standard InChI is InChI=1S/C18H21N3O3/c1-13(20-15-8-10-16(23-2)11-9-15)18(22)21-19-12-14-6-4-5-7-17(14)24-3/h4-13,20H,1-3H3,(H,21,22)/b19-12-/t13-/m0/s1. The van der Waals surface area contributed by atoms with Crippen molar-refractivity contribution in [1.29, 1.82) is 0 Å². The fourth-order valence-electron chi connectivity index (χ4n) is 2.04. The number of para-hydroxylation sites is 1. The molecule has 2 aromatic carbocycles. The molecule has 0 aromatic heterocycles. The van der Waals surface area contributed by atoms with Gasteiger partial charge in [0.1, 0.15) is 17.5 Å². The van der Waals surface area contributed by atoms with E-state index < -0.39 is 6.04 Å². The van der Waals surface area contributed by atoms with E-state index >= 15 is 0 Å². The molecule has 0 saturated heterocycles. The maximum absolute atomic E-state index is 12.1. The second-order valence-corrected chi connectivity index (χ2v) is 5.07. The first kappa shape index (κ1) is 17.3. The highest BCUT2D eigenvalue weighted by Crippen LogP contribution is 2.16. The van der Waals surface area contributed by atoms with Crippen LogP contribution < -0.4 is 20.2 Å². The number of amides is 1. The van der Waals surface area contributed by atoms with Crippen LogP contribution >= 0.6 is 0 Å². The molecular formula is C18H21N3O3. The molecule has 6 heteroatoms. The first-order valence-corrected chi connectivity index (χ1v) is 7.50. The summed E-state index contributed by atoms with van der Waals surface area (Å²) >= 11 is 0. The van der Waals surface area contributed by atoms with Crippen LogP contribution in [0.25, 0.3) is 0 Å². The molecule has 0 radical (unpaired) electrons. The lowest BCUT2D eigenvalue weighted by Gasteiger charge is -2.13. The predicted octanol–water partition coefficient (Wildman–Crippen LogP) is 2.65. The van der Waals surface area contributed by atoms with Crippen LogP contribution in [0.3, 0.4) is 0 Å². The van der Waals surface area contributed by atoms with Crippen molar-refractivity contribution in [2.75, 3.05) is 19.5 Å². The summed E-state index contributed by atoms with van der Waals surface area (Å²) in [4.78, 5) is 12.1. The summed E-state index contributed by atoms with van der Waals surface area (Å²) in [5.41, 5.74) is 4.13. The summed E-state index contributed by atoms with van der Waals surface area (Å²) in [6.07, 6.45) is 1.55. The summed E-state index contributed by atoms with van der Waals surface area (Å²) in [5.74, 6) is 1.22. The fourth-order valence-corrected chi connectivity index (χ4v) is 2.04. The Bertz CT molecular complexity index is 699. The van der Waals surface area contributed by atoms with Crippen molar-refractivity contribution in [2.45, 2.75) is 13.0 Å². The number of ether oxygens (including phenoxy) is 2. The smallest absolute Gasteiger partial charge is 0.262 e. The Kier molecular flexibility index (Phi) is 6.19. The zero-order chi connectivity index (χ0) is 17.4. The molecule has 126 valence electrons. The van der Waals surface area contributed by atoms with Crippen molar-refractivity contribution in [2.24, 2.45) is 5.10 Å². The van der Waals surface area contributed by atoms with Gasteiger partial charge in [-0.05, 0) is 43.3 Å². The number of nitrogens with one attached hydrogen (secondary N) is 2. The Morgan fingerprint density at radius 3 is 2.46 bits per heavy atom. The number of methoxy groups -OCH3 is 2. The van der Waals surface area contributed by atoms with Crippen LogP contribution in [0.15, 0.2) is 53.6 Å². The Labute approximate surface area is 141 Å². The third kappa shape index (κ3) is 4.74. The molecule has 0 spiro atoms. The zero-order valence-electron chi connectivity index (χ0n) is 13.9. The van der Waals surface area contributed by atoms with E-state index in [0.29, 0.717) is 5.75 Å². The fraction of sp³-hybridized carbons (Fsp3) is 0.222. The minimum atomic E-state index is -0.437. The van der Waals surface area contributed by atoms with Gasteiger partial charge in [-0.1, -0.05) is 12.1 Å².